The smallest absolute Gasteiger partial charge is 0.302 e. The van der Waals surface area contributed by atoms with E-state index in [1.807, 2.05) is 51.1 Å². The first kappa shape index (κ1) is 23.5. The second kappa shape index (κ2) is 10.1. The number of carbonyl (C=O) groups excluding carboxylic acids is 2. The molecule has 1 amide bonds. The molecule has 4 rings (SSSR count). The highest BCUT2D eigenvalue weighted by Gasteiger charge is 2.22. The average Bonchev–Trinajstić information content (AvgIpc) is 3.20. The van der Waals surface area contributed by atoms with Gasteiger partial charge in [-0.15, -0.1) is 0 Å². The van der Waals surface area contributed by atoms with Gasteiger partial charge in [-0.3, -0.25) is 9.59 Å². The number of carbonyl (C=O) groups is 2. The van der Waals surface area contributed by atoms with E-state index in [9.17, 15) is 9.59 Å². The normalized spacial score (nSPS) is 14.2. The fraction of sp³-hybridized carbons (Fsp3) is 0.385. The molecule has 0 spiro atoms. The van der Waals surface area contributed by atoms with Crippen LogP contribution in [0.3, 0.4) is 0 Å². The largest absolute Gasteiger partial charge is 0.466 e. The highest BCUT2D eigenvalue weighted by Crippen LogP contribution is 2.26. The Bertz CT molecular complexity index is 1180. The predicted octanol–water partition coefficient (Wildman–Crippen LogP) is 4.22. The van der Waals surface area contributed by atoms with Crippen molar-refractivity contribution in [3.8, 4) is 5.69 Å². The van der Waals surface area contributed by atoms with E-state index in [0.29, 0.717) is 23.8 Å². The summed E-state index contributed by atoms with van der Waals surface area (Å²) in [6, 6.07) is 9.97. The minimum atomic E-state index is -0.227. The van der Waals surface area contributed by atoms with Crippen LogP contribution in [0, 0.1) is 26.7 Å². The minimum Gasteiger partial charge on any atom is -0.466 e. The van der Waals surface area contributed by atoms with E-state index in [1.54, 1.807) is 17.1 Å². The Hall–Kier alpha value is -3.68. The van der Waals surface area contributed by atoms with E-state index < -0.39 is 0 Å². The first-order valence-corrected chi connectivity index (χ1v) is 11.6. The quantitative estimate of drug-likeness (QED) is 0.553. The lowest BCUT2D eigenvalue weighted by Gasteiger charge is -2.33. The van der Waals surface area contributed by atoms with Gasteiger partial charge in [-0.1, -0.05) is 17.7 Å². The number of pyridine rings is 1. The molecule has 2 aromatic heterocycles. The molecule has 0 radical (unpaired) electrons. The fourth-order valence-electron chi connectivity index (χ4n) is 4.29. The molecule has 1 aliphatic rings. The molecule has 34 heavy (non-hydrogen) atoms. The van der Waals surface area contributed by atoms with E-state index in [4.69, 9.17) is 4.74 Å². The molecule has 8 nitrogen and oxygen atoms in total. The summed E-state index contributed by atoms with van der Waals surface area (Å²) in [7, 11) is 0. The number of rotatable bonds is 6. The van der Waals surface area contributed by atoms with Gasteiger partial charge >= 0.3 is 5.97 Å². The van der Waals surface area contributed by atoms with Crippen molar-refractivity contribution in [1.82, 2.24) is 14.8 Å². The first-order chi connectivity index (χ1) is 16.3. The van der Waals surface area contributed by atoms with Crippen molar-refractivity contribution >= 4 is 23.4 Å². The summed E-state index contributed by atoms with van der Waals surface area (Å²) in [5.41, 5.74) is 5.04. The molecular weight excluding hydrogens is 430 g/mol. The van der Waals surface area contributed by atoms with Crippen LogP contribution in [0.1, 0.15) is 46.9 Å². The zero-order valence-electron chi connectivity index (χ0n) is 20.2. The number of anilines is 2. The lowest BCUT2D eigenvalue weighted by Crippen LogP contribution is -2.36. The van der Waals surface area contributed by atoms with Gasteiger partial charge in [-0.05, 0) is 63.3 Å². The highest BCUT2D eigenvalue weighted by molar-refractivity contribution is 6.05. The van der Waals surface area contributed by atoms with Crippen LogP contribution in [-0.2, 0) is 9.53 Å². The number of hydrogen-bond acceptors (Lipinski definition) is 6. The third-order valence-corrected chi connectivity index (χ3v) is 6.28. The molecule has 0 bridgehead atoms. The molecule has 0 unspecified atom stereocenters. The molecule has 0 atom stereocenters. The van der Waals surface area contributed by atoms with Gasteiger partial charge in [0.2, 0.25) is 0 Å². The number of benzene rings is 1. The number of nitrogens with one attached hydrogen (secondary N) is 1. The number of esters is 1. The Kier molecular flexibility index (Phi) is 6.95. The van der Waals surface area contributed by atoms with Crippen molar-refractivity contribution in [3.05, 3.63) is 65.1 Å². The third kappa shape index (κ3) is 5.27. The Morgan fingerprint density at radius 3 is 2.44 bits per heavy atom. The number of aromatic nitrogens is 3. The van der Waals surface area contributed by atoms with Gasteiger partial charge in [0.1, 0.15) is 5.82 Å². The van der Waals surface area contributed by atoms with Gasteiger partial charge in [-0.2, -0.15) is 5.10 Å². The Morgan fingerprint density at radius 2 is 1.79 bits per heavy atom. The highest BCUT2D eigenvalue weighted by atomic mass is 16.5. The standard InChI is InChI=1S/C26H31N5O3/c1-17-5-7-23(8-6-17)31-19(3)24(15-28-31)26(33)29-22-13-18(2)25(27-14-22)30-11-9-21(10-12-30)16-34-20(4)32/h5-8,13-15,21H,9-12,16H2,1-4H3,(H,29,33). The summed E-state index contributed by atoms with van der Waals surface area (Å²) in [5, 5.41) is 7.36. The van der Waals surface area contributed by atoms with E-state index >= 15 is 0 Å². The predicted molar refractivity (Wildman–Crippen MR) is 132 cm³/mol. The lowest BCUT2D eigenvalue weighted by molar-refractivity contribution is -0.142. The van der Waals surface area contributed by atoms with Crippen molar-refractivity contribution < 1.29 is 14.3 Å². The molecule has 3 aromatic rings. The maximum atomic E-state index is 12.9. The van der Waals surface area contributed by atoms with E-state index in [0.717, 1.165) is 48.7 Å². The van der Waals surface area contributed by atoms with E-state index in [1.165, 1.54) is 12.5 Å². The van der Waals surface area contributed by atoms with Crippen LogP contribution in [0.5, 0.6) is 0 Å². The number of ether oxygens (including phenoxy) is 1. The minimum absolute atomic E-state index is 0.212. The SMILES string of the molecule is CC(=O)OCC1CCN(c2ncc(NC(=O)c3cnn(-c4ccc(C)cc4)c3C)cc2C)CC1. The number of nitrogens with zero attached hydrogens (tertiary/aromatic N) is 4. The molecule has 1 fully saturated rings. The molecule has 8 heteroatoms. The maximum Gasteiger partial charge on any atom is 0.302 e. The molecule has 3 heterocycles. The zero-order valence-corrected chi connectivity index (χ0v) is 20.2. The molecule has 0 saturated carbocycles. The number of aryl methyl sites for hydroxylation is 2. The van der Waals surface area contributed by atoms with Gasteiger partial charge in [0.05, 0.1) is 41.6 Å². The number of amides is 1. The molecule has 1 aliphatic heterocycles. The van der Waals surface area contributed by atoms with Crippen molar-refractivity contribution in [2.24, 2.45) is 5.92 Å². The van der Waals surface area contributed by atoms with Gasteiger partial charge in [0.25, 0.3) is 5.91 Å². The van der Waals surface area contributed by atoms with Crippen LogP contribution in [-0.4, -0.2) is 46.3 Å². The van der Waals surface area contributed by atoms with Gasteiger partial charge in [0.15, 0.2) is 0 Å². The average molecular weight is 462 g/mol. The topological polar surface area (TPSA) is 89.3 Å². The summed E-state index contributed by atoms with van der Waals surface area (Å²) < 4.78 is 6.93. The maximum absolute atomic E-state index is 12.9. The van der Waals surface area contributed by atoms with E-state index in [2.05, 4.69) is 20.3 Å². The Labute approximate surface area is 199 Å². The van der Waals surface area contributed by atoms with Crippen molar-refractivity contribution in [2.75, 3.05) is 29.9 Å². The number of piperidine rings is 1. The van der Waals surface area contributed by atoms with Crippen LogP contribution in [0.4, 0.5) is 11.5 Å². The summed E-state index contributed by atoms with van der Waals surface area (Å²) in [6.07, 6.45) is 5.21. The molecule has 1 aromatic carbocycles. The van der Waals surface area contributed by atoms with E-state index in [-0.39, 0.29) is 11.9 Å². The molecule has 178 valence electrons. The summed E-state index contributed by atoms with van der Waals surface area (Å²) in [6.45, 7) is 9.59. The van der Waals surface area contributed by atoms with Gasteiger partial charge in [0, 0.05) is 20.0 Å². The molecular formula is C26H31N5O3. The fourth-order valence-corrected chi connectivity index (χ4v) is 4.29. The van der Waals surface area contributed by atoms with Crippen LogP contribution in [0.2, 0.25) is 0 Å². The van der Waals surface area contributed by atoms with Gasteiger partial charge in [-0.25, -0.2) is 9.67 Å². The third-order valence-electron chi connectivity index (χ3n) is 6.28. The van der Waals surface area contributed by atoms with Gasteiger partial charge < -0.3 is 15.0 Å². The Morgan fingerprint density at radius 1 is 1.09 bits per heavy atom. The first-order valence-electron chi connectivity index (χ1n) is 11.6. The lowest BCUT2D eigenvalue weighted by atomic mass is 9.97. The second-order valence-corrected chi connectivity index (χ2v) is 8.94. The summed E-state index contributed by atoms with van der Waals surface area (Å²) in [5.74, 6) is 0.877. The second-order valence-electron chi connectivity index (χ2n) is 8.94. The van der Waals surface area contributed by atoms with Crippen LogP contribution >= 0.6 is 0 Å². The van der Waals surface area contributed by atoms with Crippen molar-refractivity contribution in [3.63, 3.8) is 0 Å². The zero-order chi connectivity index (χ0) is 24.2. The molecule has 1 N–H and O–H groups in total. The van der Waals surface area contributed by atoms with Crippen molar-refractivity contribution in [2.45, 2.75) is 40.5 Å². The molecule has 1 saturated heterocycles. The monoisotopic (exact) mass is 461 g/mol. The Balaban J connectivity index is 1.40. The summed E-state index contributed by atoms with van der Waals surface area (Å²) in [4.78, 5) is 30.9. The van der Waals surface area contributed by atoms with Crippen LogP contribution < -0.4 is 10.2 Å². The van der Waals surface area contributed by atoms with Crippen molar-refractivity contribution in [1.29, 1.82) is 0 Å². The summed E-state index contributed by atoms with van der Waals surface area (Å²) >= 11 is 0. The van der Waals surface area contributed by atoms with Crippen LogP contribution in [0.25, 0.3) is 5.69 Å². The number of hydrogen-bond donors (Lipinski definition) is 1. The van der Waals surface area contributed by atoms with Crippen LogP contribution in [0.15, 0.2) is 42.7 Å². The molecule has 0 aliphatic carbocycles.